The van der Waals surface area contributed by atoms with Gasteiger partial charge in [0, 0.05) is 13.1 Å². The van der Waals surface area contributed by atoms with Crippen LogP contribution in [0.5, 0.6) is 0 Å². The number of carbonyl (C=O) groups is 2. The molecule has 0 atom stereocenters. The molecule has 0 bridgehead atoms. The summed E-state index contributed by atoms with van der Waals surface area (Å²) in [5, 5.41) is 3.14. The van der Waals surface area contributed by atoms with Crippen LogP contribution in [0.15, 0.2) is 12.1 Å². The summed E-state index contributed by atoms with van der Waals surface area (Å²) in [5.41, 5.74) is 1.88. The van der Waals surface area contributed by atoms with E-state index in [1.54, 1.807) is 6.07 Å². The van der Waals surface area contributed by atoms with Crippen LogP contribution in [0.25, 0.3) is 0 Å². The second-order valence-electron chi connectivity index (χ2n) is 5.03. The average molecular weight is 279 g/mol. The molecule has 2 aliphatic heterocycles. The number of ketones is 1. The van der Waals surface area contributed by atoms with E-state index in [1.807, 2.05) is 6.07 Å². The highest BCUT2D eigenvalue weighted by atomic mass is 35.5. The van der Waals surface area contributed by atoms with Gasteiger partial charge in [0.25, 0.3) is 11.7 Å². The highest BCUT2D eigenvalue weighted by Crippen LogP contribution is 2.35. The molecule has 1 saturated heterocycles. The van der Waals surface area contributed by atoms with Gasteiger partial charge in [0.15, 0.2) is 0 Å². The lowest BCUT2D eigenvalue weighted by Gasteiger charge is -2.24. The summed E-state index contributed by atoms with van der Waals surface area (Å²) in [7, 11) is 0. The minimum atomic E-state index is -0.570. The number of benzene rings is 1. The molecule has 4 nitrogen and oxygen atoms in total. The van der Waals surface area contributed by atoms with E-state index < -0.39 is 11.7 Å². The Kier molecular flexibility index (Phi) is 3.19. The Morgan fingerprint density at radius 3 is 2.42 bits per heavy atom. The Hall–Kier alpha value is -1.55. The molecule has 5 heteroatoms. The summed E-state index contributed by atoms with van der Waals surface area (Å²) in [6.45, 7) is 1.95. The number of nitrogens with zero attached hydrogens (tertiary/aromatic N) is 1. The van der Waals surface area contributed by atoms with Gasteiger partial charge in [-0.1, -0.05) is 24.4 Å². The minimum absolute atomic E-state index is 0.383. The highest BCUT2D eigenvalue weighted by molar-refractivity contribution is 6.52. The molecular formula is C14H15ClN2O2. The number of amides is 1. The molecule has 0 saturated carbocycles. The van der Waals surface area contributed by atoms with E-state index in [0.717, 1.165) is 31.6 Å². The van der Waals surface area contributed by atoms with Crippen LogP contribution in [0.3, 0.4) is 0 Å². The van der Waals surface area contributed by atoms with Crippen molar-refractivity contribution in [1.82, 2.24) is 0 Å². The summed E-state index contributed by atoms with van der Waals surface area (Å²) in [6, 6.07) is 3.43. The fourth-order valence-electron chi connectivity index (χ4n) is 2.71. The predicted molar refractivity (Wildman–Crippen MR) is 75.1 cm³/mol. The van der Waals surface area contributed by atoms with E-state index in [1.165, 1.54) is 12.8 Å². The van der Waals surface area contributed by atoms with Crippen LogP contribution < -0.4 is 10.2 Å². The smallest absolute Gasteiger partial charge is 0.296 e. The number of halogens is 1. The fraction of sp³-hybridized carbons (Fsp3) is 0.429. The van der Waals surface area contributed by atoms with Crippen molar-refractivity contribution in [2.75, 3.05) is 23.3 Å². The van der Waals surface area contributed by atoms with Gasteiger partial charge in [-0.05, 0) is 25.0 Å². The van der Waals surface area contributed by atoms with E-state index in [9.17, 15) is 9.59 Å². The first-order chi connectivity index (χ1) is 9.16. The molecule has 19 heavy (non-hydrogen) atoms. The number of carbonyl (C=O) groups excluding carboxylic acids is 2. The summed E-state index contributed by atoms with van der Waals surface area (Å²) in [5.74, 6) is -1.07. The fourth-order valence-corrected chi connectivity index (χ4v) is 2.99. The standard InChI is InChI=1S/C14H15ClN2O2/c15-10-7-9-11(16-14(19)13(9)18)8-12(10)17-5-3-1-2-4-6-17/h7-8H,1-6H2,(H,16,18,19). The first-order valence-electron chi connectivity index (χ1n) is 6.61. The predicted octanol–water partition coefficient (Wildman–Crippen LogP) is 2.86. The Morgan fingerprint density at radius 1 is 1.05 bits per heavy atom. The van der Waals surface area contributed by atoms with Crippen molar-refractivity contribution >= 4 is 34.7 Å². The molecule has 1 fully saturated rings. The van der Waals surface area contributed by atoms with Crippen LogP contribution in [-0.2, 0) is 4.79 Å². The molecule has 0 radical (unpaired) electrons. The van der Waals surface area contributed by atoms with Crippen molar-refractivity contribution in [3.8, 4) is 0 Å². The number of nitrogens with one attached hydrogen (secondary N) is 1. The second-order valence-corrected chi connectivity index (χ2v) is 5.44. The molecule has 0 spiro atoms. The Morgan fingerprint density at radius 2 is 1.74 bits per heavy atom. The van der Waals surface area contributed by atoms with Crippen LogP contribution in [0.1, 0.15) is 36.0 Å². The van der Waals surface area contributed by atoms with Gasteiger partial charge in [0.1, 0.15) is 0 Å². The molecule has 2 heterocycles. The molecular weight excluding hydrogens is 264 g/mol. The number of fused-ring (bicyclic) bond motifs is 1. The zero-order valence-corrected chi connectivity index (χ0v) is 11.3. The van der Waals surface area contributed by atoms with Gasteiger partial charge < -0.3 is 10.2 Å². The molecule has 0 unspecified atom stereocenters. The maximum atomic E-state index is 11.6. The van der Waals surface area contributed by atoms with Crippen molar-refractivity contribution in [3.63, 3.8) is 0 Å². The lowest BCUT2D eigenvalue weighted by atomic mass is 10.1. The first-order valence-corrected chi connectivity index (χ1v) is 6.99. The molecule has 3 rings (SSSR count). The summed E-state index contributed by atoms with van der Waals surface area (Å²) >= 11 is 6.27. The van der Waals surface area contributed by atoms with E-state index in [-0.39, 0.29) is 0 Å². The van der Waals surface area contributed by atoms with Crippen molar-refractivity contribution in [2.24, 2.45) is 0 Å². The van der Waals surface area contributed by atoms with Crippen LogP contribution in [0.4, 0.5) is 11.4 Å². The molecule has 1 N–H and O–H groups in total. The largest absolute Gasteiger partial charge is 0.370 e. The zero-order valence-electron chi connectivity index (χ0n) is 10.5. The number of rotatable bonds is 1. The van der Waals surface area contributed by atoms with Gasteiger partial charge in [0.2, 0.25) is 0 Å². The Balaban J connectivity index is 1.97. The number of Topliss-reactive ketones (excluding diaryl/α,β-unsaturated/α-hetero) is 1. The minimum Gasteiger partial charge on any atom is -0.370 e. The van der Waals surface area contributed by atoms with Gasteiger partial charge in [-0.3, -0.25) is 9.59 Å². The molecule has 100 valence electrons. The Bertz CT molecular complexity index is 549. The lowest BCUT2D eigenvalue weighted by molar-refractivity contribution is -0.112. The highest BCUT2D eigenvalue weighted by Gasteiger charge is 2.29. The third-order valence-electron chi connectivity index (χ3n) is 3.73. The Labute approximate surface area is 116 Å². The molecule has 1 aromatic rings. The topological polar surface area (TPSA) is 49.4 Å². The van der Waals surface area contributed by atoms with Crippen molar-refractivity contribution in [1.29, 1.82) is 0 Å². The number of anilines is 2. The first kappa shape index (κ1) is 12.5. The molecule has 1 aromatic carbocycles. The normalized spacial score (nSPS) is 19.1. The van der Waals surface area contributed by atoms with Gasteiger partial charge in [-0.15, -0.1) is 0 Å². The van der Waals surface area contributed by atoms with Gasteiger partial charge in [-0.25, -0.2) is 0 Å². The maximum absolute atomic E-state index is 11.6. The molecule has 1 amide bonds. The van der Waals surface area contributed by atoms with Crippen LogP contribution in [0, 0.1) is 0 Å². The zero-order chi connectivity index (χ0) is 13.4. The van der Waals surface area contributed by atoms with Crippen LogP contribution >= 0.6 is 11.6 Å². The number of hydrogen-bond donors (Lipinski definition) is 1. The van der Waals surface area contributed by atoms with Gasteiger partial charge >= 0.3 is 0 Å². The van der Waals surface area contributed by atoms with Gasteiger partial charge in [-0.2, -0.15) is 0 Å². The average Bonchev–Trinajstić information content (AvgIpc) is 2.63. The van der Waals surface area contributed by atoms with Crippen molar-refractivity contribution in [3.05, 3.63) is 22.7 Å². The number of hydrogen-bond acceptors (Lipinski definition) is 3. The van der Waals surface area contributed by atoms with E-state index >= 15 is 0 Å². The van der Waals surface area contributed by atoms with Crippen molar-refractivity contribution < 1.29 is 9.59 Å². The maximum Gasteiger partial charge on any atom is 0.296 e. The third kappa shape index (κ3) is 2.21. The monoisotopic (exact) mass is 278 g/mol. The summed E-state index contributed by atoms with van der Waals surface area (Å²) in [4.78, 5) is 25.2. The van der Waals surface area contributed by atoms with Crippen LogP contribution in [-0.4, -0.2) is 24.8 Å². The van der Waals surface area contributed by atoms with E-state index in [4.69, 9.17) is 11.6 Å². The summed E-state index contributed by atoms with van der Waals surface area (Å²) in [6.07, 6.45) is 4.79. The molecule has 0 aromatic heterocycles. The summed E-state index contributed by atoms with van der Waals surface area (Å²) < 4.78 is 0. The lowest BCUT2D eigenvalue weighted by Crippen LogP contribution is -2.24. The molecule has 2 aliphatic rings. The van der Waals surface area contributed by atoms with E-state index in [0.29, 0.717) is 16.3 Å². The van der Waals surface area contributed by atoms with E-state index in [2.05, 4.69) is 10.2 Å². The van der Waals surface area contributed by atoms with Crippen molar-refractivity contribution in [2.45, 2.75) is 25.7 Å². The molecule has 0 aliphatic carbocycles. The van der Waals surface area contributed by atoms with Crippen LogP contribution in [0.2, 0.25) is 5.02 Å². The van der Waals surface area contributed by atoms with Gasteiger partial charge in [0.05, 0.1) is 22.0 Å². The quantitative estimate of drug-likeness (QED) is 0.804. The third-order valence-corrected chi connectivity index (χ3v) is 4.04. The second kappa shape index (κ2) is 4.85. The SMILES string of the molecule is O=C1Nc2cc(N3CCCCCC3)c(Cl)cc2C1=O.